The lowest BCUT2D eigenvalue weighted by atomic mass is 10.2. The molecule has 3 aromatic rings. The molecule has 1 heterocycles. The van der Waals surface area contributed by atoms with Gasteiger partial charge in [0.2, 0.25) is 0 Å². The Morgan fingerprint density at radius 1 is 1.04 bits per heavy atom. The summed E-state index contributed by atoms with van der Waals surface area (Å²) >= 11 is 11.1. The highest BCUT2D eigenvalue weighted by Gasteiger charge is 2.03. The van der Waals surface area contributed by atoms with Crippen molar-refractivity contribution in [1.29, 1.82) is 0 Å². The number of benzene rings is 2. The summed E-state index contributed by atoms with van der Waals surface area (Å²) in [5.74, 6) is -0.250. The molecule has 0 aliphatic carbocycles. The van der Waals surface area contributed by atoms with Crippen LogP contribution < -0.4 is 10.6 Å². The summed E-state index contributed by atoms with van der Waals surface area (Å²) in [6.45, 7) is 0.555. The van der Waals surface area contributed by atoms with E-state index in [1.807, 2.05) is 18.3 Å². The topological polar surface area (TPSA) is 41.9 Å². The smallest absolute Gasteiger partial charge is 0.175 e. The first-order chi connectivity index (χ1) is 11.6. The number of aromatic nitrogens is 2. The summed E-state index contributed by atoms with van der Waals surface area (Å²) in [4.78, 5) is 0. The third-order valence-corrected chi connectivity index (χ3v) is 3.71. The lowest BCUT2D eigenvalue weighted by Crippen LogP contribution is -2.18. The molecule has 2 aromatic carbocycles. The Bertz CT molecular complexity index is 831. The predicted octanol–water partition coefficient (Wildman–Crippen LogP) is 4.53. The number of anilines is 2. The average Bonchev–Trinajstić information content (AvgIpc) is 2.99. The highest BCUT2D eigenvalue weighted by Crippen LogP contribution is 2.14. The van der Waals surface area contributed by atoms with E-state index in [0.717, 1.165) is 16.9 Å². The van der Waals surface area contributed by atoms with E-state index in [2.05, 4.69) is 15.7 Å². The molecule has 0 spiro atoms. The second kappa shape index (κ2) is 7.42. The molecule has 0 saturated heterocycles. The largest absolute Gasteiger partial charge is 0.332 e. The van der Waals surface area contributed by atoms with Gasteiger partial charge in [0.1, 0.15) is 5.82 Å². The van der Waals surface area contributed by atoms with Crippen LogP contribution in [0.25, 0.3) is 0 Å². The average molecular weight is 361 g/mol. The van der Waals surface area contributed by atoms with Gasteiger partial charge in [-0.25, -0.2) is 4.39 Å². The Hall–Kier alpha value is -2.44. The fourth-order valence-corrected chi connectivity index (χ4v) is 2.48. The molecular formula is C17H14ClFN4S. The van der Waals surface area contributed by atoms with Crippen LogP contribution in [0.2, 0.25) is 5.02 Å². The number of thiocarbonyl (C=S) groups is 1. The van der Waals surface area contributed by atoms with E-state index in [0.29, 0.717) is 16.7 Å². The second-order valence-electron chi connectivity index (χ2n) is 5.14. The van der Waals surface area contributed by atoms with Gasteiger partial charge in [-0.15, -0.1) is 0 Å². The molecule has 0 aliphatic rings. The molecule has 0 radical (unpaired) electrons. The molecule has 122 valence electrons. The highest BCUT2D eigenvalue weighted by molar-refractivity contribution is 7.80. The summed E-state index contributed by atoms with van der Waals surface area (Å²) in [5.41, 5.74) is 2.58. The Balaban J connectivity index is 1.58. The van der Waals surface area contributed by atoms with E-state index in [1.165, 1.54) is 12.1 Å². The molecule has 4 nitrogen and oxygen atoms in total. The number of hydrogen-bond acceptors (Lipinski definition) is 2. The van der Waals surface area contributed by atoms with Crippen LogP contribution in [-0.2, 0) is 6.54 Å². The summed E-state index contributed by atoms with van der Waals surface area (Å²) in [6, 6.07) is 13.6. The van der Waals surface area contributed by atoms with E-state index in [1.54, 1.807) is 35.1 Å². The Morgan fingerprint density at radius 3 is 2.42 bits per heavy atom. The van der Waals surface area contributed by atoms with Crippen LogP contribution in [0, 0.1) is 5.82 Å². The standard InChI is InChI=1S/C17H14ClFN4S/c18-13-3-7-15(8-4-13)21-17(24)22-16-9-20-23(11-16)10-12-1-5-14(19)6-2-12/h1-9,11H,10H2,(H2,21,22,24). The van der Waals surface area contributed by atoms with Crippen molar-refractivity contribution in [3.63, 3.8) is 0 Å². The molecule has 3 rings (SSSR count). The maximum atomic E-state index is 12.9. The number of hydrogen-bond donors (Lipinski definition) is 2. The molecule has 7 heteroatoms. The summed E-state index contributed by atoms with van der Waals surface area (Å²) in [6.07, 6.45) is 3.51. The van der Waals surface area contributed by atoms with Crippen LogP contribution >= 0.6 is 23.8 Å². The van der Waals surface area contributed by atoms with Crippen LogP contribution in [-0.4, -0.2) is 14.9 Å². The third-order valence-electron chi connectivity index (χ3n) is 3.25. The Morgan fingerprint density at radius 2 is 1.71 bits per heavy atom. The fraction of sp³-hybridized carbons (Fsp3) is 0.0588. The van der Waals surface area contributed by atoms with Crippen LogP contribution in [0.15, 0.2) is 60.9 Å². The normalized spacial score (nSPS) is 10.4. The van der Waals surface area contributed by atoms with Gasteiger partial charge in [-0.05, 0) is 54.2 Å². The van der Waals surface area contributed by atoms with Gasteiger partial charge in [-0.3, -0.25) is 4.68 Å². The number of nitrogens with zero attached hydrogens (tertiary/aromatic N) is 2. The van der Waals surface area contributed by atoms with Crippen LogP contribution in [0.1, 0.15) is 5.56 Å². The molecule has 0 unspecified atom stereocenters. The molecule has 2 N–H and O–H groups in total. The highest BCUT2D eigenvalue weighted by atomic mass is 35.5. The van der Waals surface area contributed by atoms with Crippen LogP contribution in [0.5, 0.6) is 0 Å². The zero-order valence-corrected chi connectivity index (χ0v) is 14.1. The third kappa shape index (κ3) is 4.53. The van der Waals surface area contributed by atoms with Crippen LogP contribution in [0.3, 0.4) is 0 Å². The first-order valence-corrected chi connectivity index (χ1v) is 7.97. The number of halogens is 2. The van der Waals surface area contributed by atoms with Gasteiger partial charge in [0.05, 0.1) is 18.4 Å². The molecule has 0 amide bonds. The van der Waals surface area contributed by atoms with Crippen molar-refractivity contribution in [1.82, 2.24) is 9.78 Å². The SMILES string of the molecule is Fc1ccc(Cn2cc(NC(=S)Nc3ccc(Cl)cc3)cn2)cc1. The minimum atomic E-state index is -0.250. The molecule has 0 aliphatic heterocycles. The van der Waals surface area contributed by atoms with Crippen molar-refractivity contribution in [2.75, 3.05) is 10.6 Å². The van der Waals surface area contributed by atoms with Crippen molar-refractivity contribution in [2.24, 2.45) is 0 Å². The van der Waals surface area contributed by atoms with Gasteiger partial charge in [0.15, 0.2) is 5.11 Å². The Labute approximate surface area is 149 Å². The number of nitrogens with one attached hydrogen (secondary N) is 2. The van der Waals surface area contributed by atoms with Crippen molar-refractivity contribution < 1.29 is 4.39 Å². The van der Waals surface area contributed by atoms with E-state index in [4.69, 9.17) is 23.8 Å². The maximum Gasteiger partial charge on any atom is 0.175 e. The lowest BCUT2D eigenvalue weighted by molar-refractivity contribution is 0.624. The second-order valence-corrected chi connectivity index (χ2v) is 5.98. The molecule has 1 aromatic heterocycles. The molecule has 0 atom stereocenters. The Kier molecular flexibility index (Phi) is 5.08. The van der Waals surface area contributed by atoms with Gasteiger partial charge in [0.25, 0.3) is 0 Å². The predicted molar refractivity (Wildman–Crippen MR) is 99.0 cm³/mol. The van der Waals surface area contributed by atoms with Crippen molar-refractivity contribution in [3.05, 3.63) is 77.3 Å². The van der Waals surface area contributed by atoms with Crippen molar-refractivity contribution in [3.8, 4) is 0 Å². The van der Waals surface area contributed by atoms with E-state index >= 15 is 0 Å². The summed E-state index contributed by atoms with van der Waals surface area (Å²) in [5, 5.41) is 11.5. The molecular weight excluding hydrogens is 347 g/mol. The van der Waals surface area contributed by atoms with Gasteiger partial charge in [-0.2, -0.15) is 5.10 Å². The minimum absolute atomic E-state index is 0.250. The summed E-state index contributed by atoms with van der Waals surface area (Å²) in [7, 11) is 0. The van der Waals surface area contributed by atoms with E-state index < -0.39 is 0 Å². The molecule has 0 bridgehead atoms. The zero-order valence-electron chi connectivity index (χ0n) is 12.5. The van der Waals surface area contributed by atoms with Gasteiger partial charge < -0.3 is 10.6 Å². The quantitative estimate of drug-likeness (QED) is 0.671. The van der Waals surface area contributed by atoms with Crippen LogP contribution in [0.4, 0.5) is 15.8 Å². The first-order valence-electron chi connectivity index (χ1n) is 7.19. The molecule has 0 fully saturated rings. The van der Waals surface area contributed by atoms with E-state index in [9.17, 15) is 4.39 Å². The van der Waals surface area contributed by atoms with E-state index in [-0.39, 0.29) is 5.82 Å². The minimum Gasteiger partial charge on any atom is -0.332 e. The molecule has 0 saturated carbocycles. The summed E-state index contributed by atoms with van der Waals surface area (Å²) < 4.78 is 14.7. The van der Waals surface area contributed by atoms with Gasteiger partial charge in [0, 0.05) is 16.9 Å². The lowest BCUT2D eigenvalue weighted by Gasteiger charge is -2.08. The first kappa shape index (κ1) is 16.4. The molecule has 24 heavy (non-hydrogen) atoms. The zero-order chi connectivity index (χ0) is 16.9. The van der Waals surface area contributed by atoms with Gasteiger partial charge in [-0.1, -0.05) is 23.7 Å². The maximum absolute atomic E-state index is 12.9. The number of rotatable bonds is 4. The van der Waals surface area contributed by atoms with Gasteiger partial charge >= 0.3 is 0 Å². The van der Waals surface area contributed by atoms with Crippen molar-refractivity contribution in [2.45, 2.75) is 6.54 Å². The fourth-order valence-electron chi connectivity index (χ4n) is 2.12. The monoisotopic (exact) mass is 360 g/mol. The van der Waals surface area contributed by atoms with Crippen molar-refractivity contribution >= 4 is 40.3 Å².